The van der Waals surface area contributed by atoms with E-state index in [-0.39, 0.29) is 5.03 Å². The fraction of sp³-hybridized carbons (Fsp3) is 0.0833. The van der Waals surface area contributed by atoms with Crippen LogP contribution in [-0.2, 0) is 14.6 Å². The maximum absolute atomic E-state index is 13.6. The number of carbonyl (C=O) groups is 1. The van der Waals surface area contributed by atoms with Crippen molar-refractivity contribution >= 4 is 37.6 Å². The van der Waals surface area contributed by atoms with E-state index in [2.05, 4.69) is 10.2 Å². The van der Waals surface area contributed by atoms with Crippen molar-refractivity contribution in [3.8, 4) is 16.8 Å². The molecular formula is C24H18FN3O4S. The monoisotopic (exact) mass is 463 g/mol. The van der Waals surface area contributed by atoms with E-state index in [0.717, 1.165) is 17.2 Å². The molecule has 0 unspecified atom stereocenters. The summed E-state index contributed by atoms with van der Waals surface area (Å²) in [6, 6.07) is 15.9. The van der Waals surface area contributed by atoms with Gasteiger partial charge in [-0.25, -0.2) is 17.6 Å². The number of aromatic amines is 1. The highest BCUT2D eigenvalue weighted by Gasteiger charge is 2.27. The van der Waals surface area contributed by atoms with Gasteiger partial charge in [-0.2, -0.15) is 5.10 Å². The zero-order valence-corrected chi connectivity index (χ0v) is 18.5. The summed E-state index contributed by atoms with van der Waals surface area (Å²) < 4.78 is 46.3. The molecule has 0 bridgehead atoms. The summed E-state index contributed by atoms with van der Waals surface area (Å²) >= 11 is 0. The van der Waals surface area contributed by atoms with Crippen molar-refractivity contribution in [2.75, 3.05) is 13.4 Å². The maximum Gasteiger partial charge on any atom is 0.337 e. The number of aromatic nitrogens is 3. The number of carbonyl (C=O) groups excluding carboxylic acids is 1. The van der Waals surface area contributed by atoms with Crippen molar-refractivity contribution in [2.24, 2.45) is 0 Å². The smallest absolute Gasteiger partial charge is 0.337 e. The summed E-state index contributed by atoms with van der Waals surface area (Å²) in [7, 11) is -2.46. The second kappa shape index (κ2) is 7.56. The number of benzene rings is 3. The second-order valence-electron chi connectivity index (χ2n) is 7.66. The molecule has 33 heavy (non-hydrogen) atoms. The number of nitrogens with one attached hydrogen (secondary N) is 1. The van der Waals surface area contributed by atoms with Gasteiger partial charge in [0.1, 0.15) is 10.8 Å². The number of nitrogens with zero attached hydrogens (tertiary/aromatic N) is 2. The number of hydrogen-bond acceptors (Lipinski definition) is 5. The molecule has 0 aliphatic heterocycles. The van der Waals surface area contributed by atoms with Crippen LogP contribution in [0.4, 0.5) is 4.39 Å². The van der Waals surface area contributed by atoms with Gasteiger partial charge in [-0.15, -0.1) is 0 Å². The Labute approximate surface area is 188 Å². The molecule has 2 heterocycles. The SMILES string of the molecule is COC(=O)c1ccc(-c2c(S(C)(=O)=O)n(-c3ccc(F)cc3)c3cc4cn[nH]c4cc23)cc1. The Balaban J connectivity index is 1.91. The van der Waals surface area contributed by atoms with E-state index < -0.39 is 21.6 Å². The summed E-state index contributed by atoms with van der Waals surface area (Å²) in [4.78, 5) is 11.9. The van der Waals surface area contributed by atoms with E-state index in [1.807, 2.05) is 12.1 Å². The number of hydrogen-bond donors (Lipinski definition) is 1. The molecule has 2 aromatic heterocycles. The molecule has 0 aliphatic rings. The molecule has 0 atom stereocenters. The van der Waals surface area contributed by atoms with Gasteiger partial charge in [-0.1, -0.05) is 12.1 Å². The lowest BCUT2D eigenvalue weighted by Crippen LogP contribution is -2.08. The van der Waals surface area contributed by atoms with Crippen molar-refractivity contribution in [1.29, 1.82) is 0 Å². The zero-order chi connectivity index (χ0) is 23.3. The predicted octanol–water partition coefficient (Wildman–Crippen LogP) is 4.50. The predicted molar refractivity (Wildman–Crippen MR) is 123 cm³/mol. The highest BCUT2D eigenvalue weighted by atomic mass is 32.2. The van der Waals surface area contributed by atoms with E-state index in [4.69, 9.17) is 4.74 Å². The normalized spacial score (nSPS) is 11.8. The lowest BCUT2D eigenvalue weighted by atomic mass is 10.0. The molecule has 0 aliphatic carbocycles. The van der Waals surface area contributed by atoms with E-state index in [1.54, 1.807) is 35.0 Å². The van der Waals surface area contributed by atoms with Gasteiger partial charge < -0.3 is 4.74 Å². The van der Waals surface area contributed by atoms with Crippen LogP contribution < -0.4 is 0 Å². The summed E-state index contributed by atoms with van der Waals surface area (Å²) in [6.45, 7) is 0. The standard InChI is InChI=1S/C24H18FN3O4S/c1-32-24(29)15-5-3-14(4-6-15)22-19-12-20-16(13-26-27-20)11-21(19)28(23(22)33(2,30)31)18-9-7-17(25)8-10-18/h3-13H,1-2H3,(H,26,27). The van der Waals surface area contributed by atoms with Gasteiger partial charge in [0.05, 0.1) is 29.9 Å². The van der Waals surface area contributed by atoms with Crippen LogP contribution in [0.3, 0.4) is 0 Å². The second-order valence-corrected chi connectivity index (χ2v) is 9.59. The van der Waals surface area contributed by atoms with Crippen molar-refractivity contribution in [3.05, 3.63) is 78.2 Å². The zero-order valence-electron chi connectivity index (χ0n) is 17.7. The van der Waals surface area contributed by atoms with E-state index in [1.165, 1.54) is 31.4 Å². The summed E-state index contributed by atoms with van der Waals surface area (Å²) in [5.74, 6) is -0.912. The minimum atomic E-state index is -3.75. The largest absolute Gasteiger partial charge is 0.465 e. The molecule has 0 radical (unpaired) electrons. The van der Waals surface area contributed by atoms with E-state index in [0.29, 0.717) is 33.3 Å². The van der Waals surface area contributed by atoms with Crippen LogP contribution in [0.2, 0.25) is 0 Å². The van der Waals surface area contributed by atoms with Crippen LogP contribution in [-0.4, -0.2) is 42.5 Å². The number of ether oxygens (including phenoxy) is 1. The average molecular weight is 463 g/mol. The van der Waals surface area contributed by atoms with Gasteiger partial charge >= 0.3 is 5.97 Å². The Bertz CT molecular complexity index is 1630. The number of fused-ring (bicyclic) bond motifs is 2. The van der Waals surface area contributed by atoms with Crippen molar-refractivity contribution in [2.45, 2.75) is 5.03 Å². The van der Waals surface area contributed by atoms with Crippen LogP contribution in [0.25, 0.3) is 38.6 Å². The van der Waals surface area contributed by atoms with Crippen LogP contribution in [0.15, 0.2) is 71.9 Å². The summed E-state index contributed by atoms with van der Waals surface area (Å²) in [5.41, 5.74) is 3.30. The molecule has 9 heteroatoms. The Morgan fingerprint density at radius 1 is 1.06 bits per heavy atom. The maximum atomic E-state index is 13.6. The van der Waals surface area contributed by atoms with E-state index >= 15 is 0 Å². The number of sulfone groups is 1. The number of esters is 1. The Hall–Kier alpha value is -3.98. The quantitative estimate of drug-likeness (QED) is 0.396. The highest BCUT2D eigenvalue weighted by molar-refractivity contribution is 7.90. The van der Waals surface area contributed by atoms with Crippen molar-refractivity contribution < 1.29 is 22.3 Å². The van der Waals surface area contributed by atoms with Gasteiger partial charge in [-0.05, 0) is 54.1 Å². The molecule has 1 N–H and O–H groups in total. The first kappa shape index (κ1) is 20.9. The first-order chi connectivity index (χ1) is 15.8. The molecule has 0 saturated heterocycles. The topological polar surface area (TPSA) is 94.1 Å². The number of halogens is 1. The molecular weight excluding hydrogens is 445 g/mol. The fourth-order valence-electron chi connectivity index (χ4n) is 4.07. The van der Waals surface area contributed by atoms with Crippen molar-refractivity contribution in [1.82, 2.24) is 14.8 Å². The number of rotatable bonds is 4. The van der Waals surface area contributed by atoms with Gasteiger partial charge in [0.15, 0.2) is 9.84 Å². The number of methoxy groups -OCH3 is 1. The molecule has 0 fully saturated rings. The first-order valence-corrected chi connectivity index (χ1v) is 11.8. The highest BCUT2D eigenvalue weighted by Crippen LogP contribution is 2.41. The molecule has 5 aromatic rings. The first-order valence-electron chi connectivity index (χ1n) is 9.94. The summed E-state index contributed by atoms with van der Waals surface area (Å²) in [5, 5.41) is 8.53. The minimum Gasteiger partial charge on any atom is -0.465 e. The van der Waals surface area contributed by atoms with Crippen LogP contribution in [0.5, 0.6) is 0 Å². The average Bonchev–Trinajstić information content (AvgIpc) is 3.39. The Kier molecular flexibility index (Phi) is 4.79. The third kappa shape index (κ3) is 3.46. The third-order valence-electron chi connectivity index (χ3n) is 5.51. The molecule has 0 saturated carbocycles. The van der Waals surface area contributed by atoms with Crippen LogP contribution in [0.1, 0.15) is 10.4 Å². The third-order valence-corrected chi connectivity index (χ3v) is 6.60. The van der Waals surface area contributed by atoms with Gasteiger partial charge in [0.2, 0.25) is 0 Å². The lowest BCUT2D eigenvalue weighted by Gasteiger charge is -2.11. The molecule has 0 amide bonds. The van der Waals surface area contributed by atoms with Gasteiger partial charge in [0, 0.05) is 28.3 Å². The fourth-order valence-corrected chi connectivity index (χ4v) is 5.20. The lowest BCUT2D eigenvalue weighted by molar-refractivity contribution is 0.0600. The molecule has 3 aromatic carbocycles. The number of H-pyrrole nitrogens is 1. The molecule has 7 nitrogen and oxygen atoms in total. The van der Waals surface area contributed by atoms with Crippen molar-refractivity contribution in [3.63, 3.8) is 0 Å². The minimum absolute atomic E-state index is 0.0653. The molecule has 166 valence electrons. The molecule has 0 spiro atoms. The van der Waals surface area contributed by atoms with Crippen LogP contribution >= 0.6 is 0 Å². The molecule has 5 rings (SSSR count). The van der Waals surface area contributed by atoms with Gasteiger partial charge in [-0.3, -0.25) is 9.67 Å². The van der Waals surface area contributed by atoms with E-state index in [9.17, 15) is 17.6 Å². The summed E-state index contributed by atoms with van der Waals surface area (Å²) in [6.07, 6.45) is 2.79. The Morgan fingerprint density at radius 3 is 2.39 bits per heavy atom. The Morgan fingerprint density at radius 2 is 1.76 bits per heavy atom. The van der Waals surface area contributed by atoms with Gasteiger partial charge in [0.25, 0.3) is 0 Å². The van der Waals surface area contributed by atoms with Crippen LogP contribution in [0, 0.1) is 5.82 Å².